The predicted molar refractivity (Wildman–Crippen MR) is 238 cm³/mol. The Hall–Kier alpha value is -1.89. The molecule has 56 heavy (non-hydrogen) atoms. The van der Waals surface area contributed by atoms with E-state index in [-0.39, 0.29) is 0 Å². The number of nitrogens with zero attached hydrogens (tertiary/aromatic N) is 3. The standard InChI is InChI=1S/C49H93N3O4/c1-5-9-13-17-19-27-35-48(46(53)54,33-25-15-11-7-3)37-29-21-23-31-40-51(43-44-52-42-39-50-45-52)41-32-24-22-30-38-49(47(55)56,34-26-16-12-8-4)36-28-20-18-14-10-6-2/h39,42,45H,5-38,40-41,43-44H2,1-4H3,(H,53,54)(H,55,56). The van der Waals surface area contributed by atoms with E-state index >= 15 is 0 Å². The summed E-state index contributed by atoms with van der Waals surface area (Å²) in [5.41, 5.74) is -1.08. The van der Waals surface area contributed by atoms with Crippen LogP contribution < -0.4 is 0 Å². The molecule has 1 heterocycles. The van der Waals surface area contributed by atoms with Crippen molar-refractivity contribution < 1.29 is 19.8 Å². The molecule has 328 valence electrons. The van der Waals surface area contributed by atoms with Crippen LogP contribution in [0.15, 0.2) is 18.7 Å². The maximum absolute atomic E-state index is 12.8. The van der Waals surface area contributed by atoms with E-state index in [9.17, 15) is 19.8 Å². The van der Waals surface area contributed by atoms with Gasteiger partial charge in [0.25, 0.3) is 0 Å². The van der Waals surface area contributed by atoms with Gasteiger partial charge in [-0.15, -0.1) is 0 Å². The topological polar surface area (TPSA) is 95.7 Å². The lowest BCUT2D eigenvalue weighted by atomic mass is 9.74. The highest BCUT2D eigenvalue weighted by molar-refractivity contribution is 5.75. The Labute approximate surface area is 347 Å². The highest BCUT2D eigenvalue weighted by atomic mass is 16.4. The number of hydrogen-bond acceptors (Lipinski definition) is 4. The van der Waals surface area contributed by atoms with Crippen molar-refractivity contribution in [3.05, 3.63) is 18.7 Å². The highest BCUT2D eigenvalue weighted by Gasteiger charge is 2.37. The minimum absolute atomic E-state index is 0.539. The molecule has 0 aromatic carbocycles. The van der Waals surface area contributed by atoms with Crippen molar-refractivity contribution in [3.8, 4) is 0 Å². The number of unbranched alkanes of at least 4 members (excludes halogenated alkanes) is 22. The fourth-order valence-corrected chi connectivity index (χ4v) is 8.98. The number of carboxylic acids is 2. The van der Waals surface area contributed by atoms with E-state index < -0.39 is 22.8 Å². The van der Waals surface area contributed by atoms with Crippen LogP contribution in [0.1, 0.15) is 246 Å². The van der Waals surface area contributed by atoms with Crippen molar-refractivity contribution in [2.75, 3.05) is 19.6 Å². The first-order valence-electron chi connectivity index (χ1n) is 24.4. The van der Waals surface area contributed by atoms with E-state index in [4.69, 9.17) is 0 Å². The van der Waals surface area contributed by atoms with E-state index in [2.05, 4.69) is 42.1 Å². The Bertz CT molecular complexity index is 971. The van der Waals surface area contributed by atoms with Gasteiger partial charge in [-0.3, -0.25) is 9.59 Å². The summed E-state index contributed by atoms with van der Waals surface area (Å²) in [6.07, 6.45) is 43.4. The normalized spacial score (nSPS) is 13.9. The summed E-state index contributed by atoms with van der Waals surface area (Å²) in [5.74, 6) is -1.10. The monoisotopic (exact) mass is 788 g/mol. The second kappa shape index (κ2) is 35.1. The van der Waals surface area contributed by atoms with Crippen LogP contribution in [-0.2, 0) is 16.1 Å². The summed E-state index contributed by atoms with van der Waals surface area (Å²) in [7, 11) is 0. The van der Waals surface area contributed by atoms with Gasteiger partial charge in [-0.1, -0.05) is 195 Å². The zero-order chi connectivity index (χ0) is 41.0. The summed E-state index contributed by atoms with van der Waals surface area (Å²) < 4.78 is 2.17. The number of carbonyl (C=O) groups is 2. The first-order chi connectivity index (χ1) is 27.3. The number of imidazole rings is 1. The van der Waals surface area contributed by atoms with Gasteiger partial charge in [-0.05, 0) is 64.5 Å². The molecule has 0 fully saturated rings. The largest absolute Gasteiger partial charge is 0.481 e. The molecular formula is C49H93N3O4. The van der Waals surface area contributed by atoms with E-state index in [1.54, 1.807) is 0 Å². The Balaban J connectivity index is 2.65. The van der Waals surface area contributed by atoms with E-state index in [0.717, 1.165) is 155 Å². The van der Waals surface area contributed by atoms with Gasteiger partial charge in [-0.25, -0.2) is 4.98 Å². The molecule has 1 aromatic rings. The van der Waals surface area contributed by atoms with Gasteiger partial charge in [0.2, 0.25) is 0 Å². The number of aromatic nitrogens is 2. The molecule has 0 saturated carbocycles. The molecule has 7 nitrogen and oxygen atoms in total. The van der Waals surface area contributed by atoms with E-state index in [1.165, 1.54) is 89.9 Å². The summed E-state index contributed by atoms with van der Waals surface area (Å²) in [5, 5.41) is 21.0. The minimum Gasteiger partial charge on any atom is -0.481 e. The molecule has 0 spiro atoms. The molecule has 0 aliphatic rings. The Morgan fingerprint density at radius 3 is 1.07 bits per heavy atom. The minimum atomic E-state index is -0.549. The number of aliphatic carboxylic acids is 2. The van der Waals surface area contributed by atoms with Crippen LogP contribution in [-0.4, -0.2) is 56.2 Å². The van der Waals surface area contributed by atoms with Gasteiger partial charge in [0.15, 0.2) is 0 Å². The highest BCUT2D eigenvalue weighted by Crippen LogP contribution is 2.39. The van der Waals surface area contributed by atoms with Crippen LogP contribution in [0.5, 0.6) is 0 Å². The van der Waals surface area contributed by atoms with E-state index in [1.807, 2.05) is 18.7 Å². The smallest absolute Gasteiger partial charge is 0.309 e. The molecule has 0 aliphatic heterocycles. The predicted octanol–water partition coefficient (Wildman–Crippen LogP) is 14.7. The maximum atomic E-state index is 12.8. The van der Waals surface area contributed by atoms with Gasteiger partial charge in [-0.2, -0.15) is 0 Å². The SMILES string of the molecule is CCCCCCCCC(CCCCCC)(CCCCCCN(CCCCCCC(CCCCCC)(CCCCCCCC)C(=O)O)CCn1ccnc1)C(=O)O. The van der Waals surface area contributed by atoms with E-state index in [0.29, 0.717) is 0 Å². The average molecular weight is 788 g/mol. The van der Waals surface area contributed by atoms with Crippen molar-refractivity contribution in [1.29, 1.82) is 0 Å². The van der Waals surface area contributed by atoms with Crippen LogP contribution in [0.4, 0.5) is 0 Å². The van der Waals surface area contributed by atoms with Crippen molar-refractivity contribution >= 4 is 11.9 Å². The van der Waals surface area contributed by atoms with Gasteiger partial charge in [0, 0.05) is 25.5 Å². The summed E-state index contributed by atoms with van der Waals surface area (Å²) >= 11 is 0. The molecule has 2 unspecified atom stereocenters. The van der Waals surface area contributed by atoms with Crippen molar-refractivity contribution in [3.63, 3.8) is 0 Å². The molecule has 2 N–H and O–H groups in total. The fourth-order valence-electron chi connectivity index (χ4n) is 8.98. The maximum Gasteiger partial charge on any atom is 0.309 e. The summed E-state index contributed by atoms with van der Waals surface area (Å²) in [4.78, 5) is 32.4. The lowest BCUT2D eigenvalue weighted by molar-refractivity contribution is -0.151. The molecular weight excluding hydrogens is 695 g/mol. The molecule has 0 saturated heterocycles. The fraction of sp³-hybridized carbons (Fsp3) is 0.898. The van der Waals surface area contributed by atoms with Crippen LogP contribution in [0.2, 0.25) is 0 Å². The van der Waals surface area contributed by atoms with Crippen LogP contribution >= 0.6 is 0 Å². The van der Waals surface area contributed by atoms with Crippen LogP contribution in [0, 0.1) is 10.8 Å². The number of carboxylic acid groups (broad SMARTS) is 2. The molecule has 0 aliphatic carbocycles. The molecule has 2 atom stereocenters. The molecule has 1 aromatic heterocycles. The van der Waals surface area contributed by atoms with Gasteiger partial charge >= 0.3 is 11.9 Å². The Morgan fingerprint density at radius 2 is 0.768 bits per heavy atom. The second-order valence-electron chi connectivity index (χ2n) is 17.8. The molecule has 0 radical (unpaired) electrons. The van der Waals surface area contributed by atoms with Crippen molar-refractivity contribution in [1.82, 2.24) is 14.5 Å². The van der Waals surface area contributed by atoms with Crippen LogP contribution in [0.25, 0.3) is 0 Å². The zero-order valence-electron chi connectivity index (χ0n) is 37.7. The first-order valence-corrected chi connectivity index (χ1v) is 24.4. The quantitative estimate of drug-likeness (QED) is 0.0640. The molecule has 7 heteroatoms. The summed E-state index contributed by atoms with van der Waals surface area (Å²) in [6, 6.07) is 0. The molecule has 0 bridgehead atoms. The zero-order valence-corrected chi connectivity index (χ0v) is 37.7. The Morgan fingerprint density at radius 1 is 0.464 bits per heavy atom. The van der Waals surface area contributed by atoms with Gasteiger partial charge in [0.1, 0.15) is 0 Å². The van der Waals surface area contributed by atoms with Crippen molar-refractivity contribution in [2.24, 2.45) is 10.8 Å². The number of hydrogen-bond donors (Lipinski definition) is 2. The van der Waals surface area contributed by atoms with Gasteiger partial charge < -0.3 is 19.7 Å². The van der Waals surface area contributed by atoms with Crippen molar-refractivity contribution in [2.45, 2.75) is 253 Å². The molecule has 1 rings (SSSR count). The third-order valence-electron chi connectivity index (χ3n) is 12.9. The lowest BCUT2D eigenvalue weighted by Crippen LogP contribution is -2.31. The summed E-state index contributed by atoms with van der Waals surface area (Å²) in [6.45, 7) is 13.0. The first kappa shape index (κ1) is 52.1. The molecule has 0 amide bonds. The second-order valence-corrected chi connectivity index (χ2v) is 17.8. The third-order valence-corrected chi connectivity index (χ3v) is 12.9. The Kier molecular flexibility index (Phi) is 32.7. The average Bonchev–Trinajstić information content (AvgIpc) is 3.72. The third kappa shape index (κ3) is 24.8. The van der Waals surface area contributed by atoms with Gasteiger partial charge in [0.05, 0.1) is 17.2 Å². The van der Waals surface area contributed by atoms with Crippen LogP contribution in [0.3, 0.4) is 0 Å². The number of rotatable bonds is 43. The lowest BCUT2D eigenvalue weighted by Gasteiger charge is -2.30.